The molecular weight excluding hydrogens is 192 g/mol. The first-order chi connectivity index (χ1) is 6.92. The number of nitrogens with one attached hydrogen (secondary N) is 1. The smallest absolute Gasteiger partial charge is 0.203 e. The van der Waals surface area contributed by atoms with E-state index in [4.69, 9.17) is 0 Å². The van der Waals surface area contributed by atoms with Crippen molar-refractivity contribution >= 4 is 5.84 Å². The Labute approximate surface area is 88.3 Å². The van der Waals surface area contributed by atoms with Gasteiger partial charge in [0.2, 0.25) is 5.72 Å². The lowest BCUT2D eigenvalue weighted by Gasteiger charge is -2.29. The molecule has 0 aliphatic carbocycles. The van der Waals surface area contributed by atoms with Crippen LogP contribution in [0.15, 0.2) is 35.3 Å². The number of rotatable bonds is 1. The number of hydrogen-bond acceptors (Lipinski definition) is 4. The number of aliphatic hydroxyl groups is 2. The van der Waals surface area contributed by atoms with Crippen molar-refractivity contribution in [1.29, 1.82) is 0 Å². The fourth-order valence-corrected chi connectivity index (χ4v) is 1.44. The van der Waals surface area contributed by atoms with E-state index in [1.807, 2.05) is 30.3 Å². The van der Waals surface area contributed by atoms with E-state index in [2.05, 4.69) is 10.3 Å². The number of nitrogens with zero attached hydrogens (tertiary/aromatic N) is 1. The Balaban J connectivity index is 2.37. The van der Waals surface area contributed by atoms with E-state index in [9.17, 15) is 10.2 Å². The largest absolute Gasteiger partial charge is 0.367 e. The van der Waals surface area contributed by atoms with E-state index in [-0.39, 0.29) is 0 Å². The minimum atomic E-state index is -1.50. The predicted molar refractivity (Wildman–Crippen MR) is 57.4 cm³/mol. The second-order valence-electron chi connectivity index (χ2n) is 4.04. The number of hydrogen-bond donors (Lipinski definition) is 3. The van der Waals surface area contributed by atoms with Crippen LogP contribution in [-0.4, -0.2) is 27.5 Å². The maximum absolute atomic E-state index is 9.88. The lowest BCUT2D eigenvalue weighted by atomic mass is 10.1. The van der Waals surface area contributed by atoms with E-state index in [1.54, 1.807) is 0 Å². The summed E-state index contributed by atoms with van der Waals surface area (Å²) in [4.78, 5) is 4.05. The van der Waals surface area contributed by atoms with Crippen LogP contribution in [0.4, 0.5) is 0 Å². The zero-order valence-corrected chi connectivity index (χ0v) is 8.73. The second kappa shape index (κ2) is 3.05. The predicted octanol–water partition coefficient (Wildman–Crippen LogP) is 0.453. The summed E-state index contributed by atoms with van der Waals surface area (Å²) in [6, 6.07) is 9.38. The summed E-state index contributed by atoms with van der Waals surface area (Å²) in [5.41, 5.74) is -2.09. The Bertz CT molecular complexity index is 396. The van der Waals surface area contributed by atoms with Crippen LogP contribution in [0.25, 0.3) is 0 Å². The van der Waals surface area contributed by atoms with Crippen molar-refractivity contribution in [3.05, 3.63) is 35.9 Å². The molecule has 0 fully saturated rings. The van der Waals surface area contributed by atoms with Gasteiger partial charge in [-0.3, -0.25) is 0 Å². The van der Waals surface area contributed by atoms with Crippen molar-refractivity contribution in [3.63, 3.8) is 0 Å². The summed E-state index contributed by atoms with van der Waals surface area (Å²) in [5, 5.41) is 22.5. The van der Waals surface area contributed by atoms with Gasteiger partial charge in [0.15, 0.2) is 5.72 Å². The first kappa shape index (κ1) is 10.1. The van der Waals surface area contributed by atoms with Gasteiger partial charge in [-0.2, -0.15) is 0 Å². The van der Waals surface area contributed by atoms with Crippen LogP contribution in [0.5, 0.6) is 0 Å². The van der Waals surface area contributed by atoms with Gasteiger partial charge in [0.1, 0.15) is 5.84 Å². The molecule has 4 heteroatoms. The number of aliphatic imine (C=N–C) groups is 1. The van der Waals surface area contributed by atoms with E-state index >= 15 is 0 Å². The lowest BCUT2D eigenvalue weighted by Crippen LogP contribution is -2.54. The van der Waals surface area contributed by atoms with Crippen LogP contribution in [0.3, 0.4) is 0 Å². The Morgan fingerprint density at radius 2 is 1.73 bits per heavy atom. The standard InChI is InChI=1S/C11H14N2O2/c1-10(14)11(2,15)13-9(12-10)8-6-4-3-5-7-8/h3-7,14-15H,1-2H3,(H,12,13). The molecule has 1 aliphatic rings. The Kier molecular flexibility index (Phi) is 2.06. The molecule has 0 saturated carbocycles. The quantitative estimate of drug-likeness (QED) is 0.625. The van der Waals surface area contributed by atoms with Crippen LogP contribution < -0.4 is 5.32 Å². The molecule has 1 heterocycles. The monoisotopic (exact) mass is 206 g/mol. The van der Waals surface area contributed by atoms with Gasteiger partial charge in [-0.25, -0.2) is 4.99 Å². The molecule has 0 aromatic heterocycles. The van der Waals surface area contributed by atoms with E-state index in [0.29, 0.717) is 5.84 Å². The number of benzene rings is 1. The zero-order chi connectivity index (χ0) is 11.1. The van der Waals surface area contributed by atoms with Gasteiger partial charge in [0.25, 0.3) is 0 Å². The first-order valence-corrected chi connectivity index (χ1v) is 4.81. The molecule has 3 N–H and O–H groups in total. The van der Waals surface area contributed by atoms with E-state index in [0.717, 1.165) is 5.56 Å². The Morgan fingerprint density at radius 3 is 2.20 bits per heavy atom. The molecule has 1 aliphatic heterocycles. The summed E-state index contributed by atoms with van der Waals surface area (Å²) in [5.74, 6) is 0.505. The molecule has 2 atom stereocenters. The summed E-state index contributed by atoms with van der Waals surface area (Å²) in [7, 11) is 0. The molecule has 4 nitrogen and oxygen atoms in total. The molecule has 80 valence electrons. The van der Waals surface area contributed by atoms with Gasteiger partial charge >= 0.3 is 0 Å². The minimum Gasteiger partial charge on any atom is -0.367 e. The van der Waals surface area contributed by atoms with Crippen molar-refractivity contribution < 1.29 is 10.2 Å². The van der Waals surface area contributed by atoms with Crippen molar-refractivity contribution in [2.24, 2.45) is 4.99 Å². The first-order valence-electron chi connectivity index (χ1n) is 4.81. The molecular formula is C11H14N2O2. The van der Waals surface area contributed by atoms with E-state index < -0.39 is 11.4 Å². The SMILES string of the molecule is CC1(O)N=C(c2ccccc2)NC1(C)O. The van der Waals surface area contributed by atoms with Crippen LogP contribution in [0.2, 0.25) is 0 Å². The summed E-state index contributed by atoms with van der Waals surface area (Å²) >= 11 is 0. The summed E-state index contributed by atoms with van der Waals surface area (Å²) in [6.45, 7) is 2.96. The summed E-state index contributed by atoms with van der Waals surface area (Å²) < 4.78 is 0. The highest BCUT2D eigenvalue weighted by atomic mass is 16.4. The van der Waals surface area contributed by atoms with Crippen LogP contribution in [-0.2, 0) is 0 Å². The highest BCUT2D eigenvalue weighted by Crippen LogP contribution is 2.27. The van der Waals surface area contributed by atoms with Crippen LogP contribution >= 0.6 is 0 Å². The highest BCUT2D eigenvalue weighted by molar-refractivity contribution is 6.00. The fourth-order valence-electron chi connectivity index (χ4n) is 1.44. The Morgan fingerprint density at radius 1 is 1.13 bits per heavy atom. The van der Waals surface area contributed by atoms with Crippen molar-refractivity contribution in [1.82, 2.24) is 5.32 Å². The molecule has 2 rings (SSSR count). The minimum absolute atomic E-state index is 0.505. The molecule has 0 bridgehead atoms. The normalized spacial score (nSPS) is 34.8. The lowest BCUT2D eigenvalue weighted by molar-refractivity contribution is -0.122. The molecule has 2 unspecified atom stereocenters. The van der Waals surface area contributed by atoms with Gasteiger partial charge in [0, 0.05) is 5.56 Å². The van der Waals surface area contributed by atoms with Crippen molar-refractivity contribution in [3.8, 4) is 0 Å². The average Bonchev–Trinajstić information content (AvgIpc) is 2.38. The van der Waals surface area contributed by atoms with E-state index in [1.165, 1.54) is 13.8 Å². The molecule has 1 aromatic rings. The van der Waals surface area contributed by atoms with Crippen LogP contribution in [0, 0.1) is 0 Å². The van der Waals surface area contributed by atoms with Crippen molar-refractivity contribution in [2.75, 3.05) is 0 Å². The Hall–Kier alpha value is -1.39. The maximum Gasteiger partial charge on any atom is 0.203 e. The molecule has 1 aromatic carbocycles. The van der Waals surface area contributed by atoms with Crippen LogP contribution in [0.1, 0.15) is 19.4 Å². The molecule has 15 heavy (non-hydrogen) atoms. The molecule has 0 radical (unpaired) electrons. The molecule has 0 amide bonds. The zero-order valence-electron chi connectivity index (χ0n) is 8.73. The number of amidine groups is 1. The van der Waals surface area contributed by atoms with Gasteiger partial charge in [-0.15, -0.1) is 0 Å². The molecule has 0 saturated heterocycles. The molecule has 0 spiro atoms. The van der Waals surface area contributed by atoms with Gasteiger partial charge in [0.05, 0.1) is 0 Å². The third-order valence-electron chi connectivity index (χ3n) is 2.66. The third-order valence-corrected chi connectivity index (χ3v) is 2.66. The maximum atomic E-state index is 9.88. The average molecular weight is 206 g/mol. The van der Waals surface area contributed by atoms with Gasteiger partial charge < -0.3 is 15.5 Å². The third kappa shape index (κ3) is 1.62. The summed E-state index contributed by atoms with van der Waals surface area (Å²) in [6.07, 6.45) is 0. The fraction of sp³-hybridized carbons (Fsp3) is 0.364. The van der Waals surface area contributed by atoms with Crippen molar-refractivity contribution in [2.45, 2.75) is 25.3 Å². The van der Waals surface area contributed by atoms with Gasteiger partial charge in [-0.05, 0) is 13.8 Å². The topological polar surface area (TPSA) is 64.9 Å². The highest BCUT2D eigenvalue weighted by Gasteiger charge is 2.47. The second-order valence-corrected chi connectivity index (χ2v) is 4.04. The van der Waals surface area contributed by atoms with Gasteiger partial charge in [-0.1, -0.05) is 30.3 Å².